The fraction of sp³-hybridized carbons (Fsp3) is 0.467. The van der Waals surface area contributed by atoms with Crippen molar-refractivity contribution in [3.05, 3.63) is 35.9 Å². The molecule has 0 saturated carbocycles. The van der Waals surface area contributed by atoms with Gasteiger partial charge in [0.25, 0.3) is 10.1 Å². The van der Waals surface area contributed by atoms with E-state index in [1.54, 1.807) is 24.3 Å². The number of likely N-dealkylation sites (tertiary alicyclic amines) is 1. The molecule has 0 aromatic heterocycles. The number of amides is 1. The molecule has 0 unspecified atom stereocenters. The van der Waals surface area contributed by atoms with Gasteiger partial charge < -0.3 is 9.84 Å². The summed E-state index contributed by atoms with van der Waals surface area (Å²) in [6.45, 7) is 1.22. The molecule has 0 radical (unpaired) electrons. The summed E-state index contributed by atoms with van der Waals surface area (Å²) in [5, 5.41) is 9.26. The molecule has 1 aliphatic rings. The first kappa shape index (κ1) is 18.2. The monoisotopic (exact) mass is 357 g/mol. The van der Waals surface area contributed by atoms with Gasteiger partial charge in [0.2, 0.25) is 0 Å². The average molecular weight is 357 g/mol. The van der Waals surface area contributed by atoms with E-state index in [4.69, 9.17) is 8.92 Å². The summed E-state index contributed by atoms with van der Waals surface area (Å²) in [5.74, 6) is -0.734. The Morgan fingerprint density at radius 2 is 1.96 bits per heavy atom. The zero-order valence-corrected chi connectivity index (χ0v) is 14.2. The van der Waals surface area contributed by atoms with Gasteiger partial charge in [0.1, 0.15) is 18.2 Å². The second-order valence-electron chi connectivity index (χ2n) is 5.96. The van der Waals surface area contributed by atoms with Gasteiger partial charge in [-0.2, -0.15) is 8.42 Å². The summed E-state index contributed by atoms with van der Waals surface area (Å²) < 4.78 is 32.8. The molecule has 9 heteroatoms. The molecule has 0 bridgehead atoms. The number of esters is 1. The van der Waals surface area contributed by atoms with Gasteiger partial charge in [-0.1, -0.05) is 30.3 Å². The number of ether oxygens (including phenoxy) is 1. The molecule has 1 amide bonds. The SMILES string of the molecule is C[C@]1(OS(C)(=O)=O)C[C@@H](C(=O)OCc2ccccc2)N(C(=O)O)C1. The first-order valence-electron chi connectivity index (χ1n) is 7.20. The number of hydrogen-bond donors (Lipinski definition) is 1. The van der Waals surface area contributed by atoms with E-state index in [0.717, 1.165) is 16.7 Å². The Bertz CT molecular complexity index is 719. The van der Waals surface area contributed by atoms with Crippen molar-refractivity contribution in [3.8, 4) is 0 Å². The number of rotatable bonds is 5. The fourth-order valence-corrected chi connectivity index (χ4v) is 3.57. The molecule has 1 heterocycles. The van der Waals surface area contributed by atoms with Gasteiger partial charge in [0.05, 0.1) is 12.8 Å². The summed E-state index contributed by atoms with van der Waals surface area (Å²) in [6.07, 6.45) is -0.554. The van der Waals surface area contributed by atoms with Crippen LogP contribution in [0.25, 0.3) is 0 Å². The number of carboxylic acid groups (broad SMARTS) is 1. The second-order valence-corrected chi connectivity index (χ2v) is 7.54. The van der Waals surface area contributed by atoms with Crippen molar-refractivity contribution in [3.63, 3.8) is 0 Å². The molecule has 8 nitrogen and oxygen atoms in total. The molecule has 1 aromatic rings. The molecule has 2 atom stereocenters. The van der Waals surface area contributed by atoms with E-state index in [1.807, 2.05) is 6.07 Å². The van der Waals surface area contributed by atoms with E-state index >= 15 is 0 Å². The maximum Gasteiger partial charge on any atom is 0.408 e. The van der Waals surface area contributed by atoms with Crippen LogP contribution < -0.4 is 0 Å². The molecule has 2 rings (SSSR count). The van der Waals surface area contributed by atoms with Crippen LogP contribution in [-0.2, 0) is 30.4 Å². The van der Waals surface area contributed by atoms with Crippen LogP contribution in [0.3, 0.4) is 0 Å². The molecular formula is C15H19NO7S. The van der Waals surface area contributed by atoms with Crippen LogP contribution in [0.4, 0.5) is 4.79 Å². The fourth-order valence-electron chi connectivity index (χ4n) is 2.72. The summed E-state index contributed by atoms with van der Waals surface area (Å²) in [7, 11) is -3.79. The highest BCUT2D eigenvalue weighted by molar-refractivity contribution is 7.86. The lowest BCUT2D eigenvalue weighted by Gasteiger charge is -2.22. The van der Waals surface area contributed by atoms with Gasteiger partial charge >= 0.3 is 12.1 Å². The molecule has 132 valence electrons. The third-order valence-electron chi connectivity index (χ3n) is 3.60. The van der Waals surface area contributed by atoms with Crippen molar-refractivity contribution >= 4 is 22.2 Å². The van der Waals surface area contributed by atoms with E-state index in [0.29, 0.717) is 0 Å². The van der Waals surface area contributed by atoms with Gasteiger partial charge in [-0.3, -0.25) is 9.08 Å². The predicted molar refractivity (Wildman–Crippen MR) is 83.7 cm³/mol. The Balaban J connectivity index is 2.08. The molecule has 24 heavy (non-hydrogen) atoms. The number of carbonyl (C=O) groups excluding carboxylic acids is 1. The van der Waals surface area contributed by atoms with Crippen molar-refractivity contribution in [1.82, 2.24) is 4.90 Å². The van der Waals surface area contributed by atoms with E-state index in [1.165, 1.54) is 6.92 Å². The van der Waals surface area contributed by atoms with E-state index in [2.05, 4.69) is 0 Å². The minimum absolute atomic E-state index is 0.00722. The summed E-state index contributed by atoms with van der Waals surface area (Å²) >= 11 is 0. The predicted octanol–water partition coefficient (Wildman–Crippen LogP) is 1.22. The minimum Gasteiger partial charge on any atom is -0.465 e. The Hall–Kier alpha value is -2.13. The van der Waals surface area contributed by atoms with Crippen molar-refractivity contribution < 1.29 is 32.0 Å². The molecule has 1 aromatic carbocycles. The normalized spacial score (nSPS) is 23.9. The molecule has 1 fully saturated rings. The average Bonchev–Trinajstić information content (AvgIpc) is 2.81. The first-order valence-corrected chi connectivity index (χ1v) is 9.02. The van der Waals surface area contributed by atoms with Crippen molar-refractivity contribution in [1.29, 1.82) is 0 Å². The lowest BCUT2D eigenvalue weighted by molar-refractivity contribution is -0.149. The van der Waals surface area contributed by atoms with Crippen molar-refractivity contribution in [2.45, 2.75) is 31.6 Å². The summed E-state index contributed by atoms with van der Waals surface area (Å²) in [5.41, 5.74) is -0.538. The number of hydrogen-bond acceptors (Lipinski definition) is 6. The molecule has 0 spiro atoms. The van der Waals surface area contributed by atoms with E-state index in [9.17, 15) is 23.1 Å². The standard InChI is InChI=1S/C15H19NO7S/c1-15(23-24(2,20)21)8-12(16(10-15)14(18)19)13(17)22-9-11-6-4-3-5-7-11/h3-7,12H,8-10H2,1-2H3,(H,18,19)/t12-,15-/m0/s1. The molecule has 0 aliphatic carbocycles. The maximum absolute atomic E-state index is 12.3. The van der Waals surface area contributed by atoms with Crippen LogP contribution in [0.2, 0.25) is 0 Å². The molecule has 1 saturated heterocycles. The van der Waals surface area contributed by atoms with Gasteiger partial charge in [-0.05, 0) is 12.5 Å². The molecular weight excluding hydrogens is 338 g/mol. The third-order valence-corrected chi connectivity index (χ3v) is 4.31. The topological polar surface area (TPSA) is 110 Å². The van der Waals surface area contributed by atoms with Gasteiger partial charge in [0.15, 0.2) is 0 Å². The lowest BCUT2D eigenvalue weighted by atomic mass is 10.0. The lowest BCUT2D eigenvalue weighted by Crippen LogP contribution is -2.41. The van der Waals surface area contributed by atoms with Crippen molar-refractivity contribution in [2.24, 2.45) is 0 Å². The highest BCUT2D eigenvalue weighted by Crippen LogP contribution is 2.32. The van der Waals surface area contributed by atoms with E-state index < -0.39 is 33.8 Å². The van der Waals surface area contributed by atoms with Crippen LogP contribution in [0.15, 0.2) is 30.3 Å². The van der Waals surface area contributed by atoms with E-state index in [-0.39, 0.29) is 19.6 Å². The highest BCUT2D eigenvalue weighted by atomic mass is 32.2. The van der Waals surface area contributed by atoms with Crippen LogP contribution in [-0.4, -0.2) is 54.9 Å². The third kappa shape index (κ3) is 4.68. The van der Waals surface area contributed by atoms with Gasteiger partial charge in [0, 0.05) is 6.42 Å². The van der Waals surface area contributed by atoms with Crippen LogP contribution in [0.1, 0.15) is 18.9 Å². The number of nitrogens with zero attached hydrogens (tertiary/aromatic N) is 1. The largest absolute Gasteiger partial charge is 0.465 e. The maximum atomic E-state index is 12.3. The highest BCUT2D eigenvalue weighted by Gasteiger charge is 2.49. The first-order chi connectivity index (χ1) is 11.1. The Kier molecular flexibility index (Phi) is 5.14. The smallest absolute Gasteiger partial charge is 0.408 e. The Morgan fingerprint density at radius 1 is 1.33 bits per heavy atom. The summed E-state index contributed by atoms with van der Waals surface area (Å²) in [6, 6.07) is 7.83. The van der Waals surface area contributed by atoms with Crippen LogP contribution in [0, 0.1) is 0 Å². The quantitative estimate of drug-likeness (QED) is 0.623. The van der Waals surface area contributed by atoms with Gasteiger partial charge in [-0.25, -0.2) is 9.59 Å². The van der Waals surface area contributed by atoms with Crippen LogP contribution >= 0.6 is 0 Å². The molecule has 1 aliphatic heterocycles. The minimum atomic E-state index is -3.79. The zero-order valence-electron chi connectivity index (χ0n) is 13.3. The van der Waals surface area contributed by atoms with Gasteiger partial charge in [-0.15, -0.1) is 0 Å². The second kappa shape index (κ2) is 6.78. The Morgan fingerprint density at radius 3 is 2.50 bits per heavy atom. The Labute approximate surface area is 140 Å². The molecule has 1 N–H and O–H groups in total. The zero-order chi connectivity index (χ0) is 18.0. The van der Waals surface area contributed by atoms with Crippen LogP contribution in [0.5, 0.6) is 0 Å². The number of benzene rings is 1. The summed E-state index contributed by atoms with van der Waals surface area (Å²) in [4.78, 5) is 24.5. The number of carbonyl (C=O) groups is 2. The van der Waals surface area contributed by atoms with Crippen molar-refractivity contribution in [2.75, 3.05) is 12.8 Å².